The molecule has 4 aromatic carbocycles. The molecule has 278 valence electrons. The number of fused-ring (bicyclic) bond motifs is 5. The highest BCUT2D eigenvalue weighted by Gasteiger charge is 2.55. The summed E-state index contributed by atoms with van der Waals surface area (Å²) < 4.78 is 58.7. The summed E-state index contributed by atoms with van der Waals surface area (Å²) in [6.07, 6.45) is -3.16. The highest BCUT2D eigenvalue weighted by molar-refractivity contribution is 7.31. The van der Waals surface area contributed by atoms with E-state index >= 15 is 0 Å². The minimum absolute atomic E-state index is 0.268. The van der Waals surface area contributed by atoms with Crippen molar-refractivity contribution in [2.75, 3.05) is 20.8 Å². The number of benzene rings is 4. The van der Waals surface area contributed by atoms with Crippen LogP contribution in [0.15, 0.2) is 98.3 Å². The fourth-order valence-corrected chi connectivity index (χ4v) is 8.41. The Kier molecular flexibility index (Phi) is 9.32. The SMILES string of the molecule is COc1cc(C(C)(C)C)c2op(O[C@@H]3[C@H]4N=C(c5ccccc5)O[C@H]4O[C@@H]4COC(c5ccccc5)O[C@@H]34)oc3c(C(C)(C)C)cc(OC)cc3c2c1. The Bertz CT molecular complexity index is 2110. The first-order valence-corrected chi connectivity index (χ1v) is 19.1. The van der Waals surface area contributed by atoms with E-state index in [1.807, 2.05) is 84.9 Å². The van der Waals surface area contributed by atoms with Crippen LogP contribution in [0.25, 0.3) is 21.9 Å². The van der Waals surface area contributed by atoms with E-state index in [1.165, 1.54) is 0 Å². The molecule has 1 aromatic heterocycles. The van der Waals surface area contributed by atoms with Crippen LogP contribution in [0.5, 0.6) is 11.5 Å². The van der Waals surface area contributed by atoms with Gasteiger partial charge in [0.05, 0.1) is 20.8 Å². The molecule has 10 nitrogen and oxygen atoms in total. The van der Waals surface area contributed by atoms with Crippen LogP contribution < -0.4 is 14.0 Å². The van der Waals surface area contributed by atoms with Gasteiger partial charge in [-0.2, -0.15) is 0 Å². The van der Waals surface area contributed by atoms with Crippen molar-refractivity contribution in [3.05, 3.63) is 107 Å². The van der Waals surface area contributed by atoms with E-state index in [0.717, 1.165) is 33.0 Å². The molecule has 8 rings (SSSR count). The molecule has 0 aliphatic carbocycles. The Hall–Kier alpha value is -4.31. The molecule has 0 saturated carbocycles. The molecule has 11 heteroatoms. The summed E-state index contributed by atoms with van der Waals surface area (Å²) in [4.78, 5) is 5.08. The normalized spacial score (nSPS) is 24.3. The average molecular weight is 740 g/mol. The zero-order valence-electron chi connectivity index (χ0n) is 31.3. The van der Waals surface area contributed by atoms with Crippen molar-refractivity contribution in [2.24, 2.45) is 4.99 Å². The highest BCUT2D eigenvalue weighted by atomic mass is 31.1. The molecular formula is C42H46NO9P. The van der Waals surface area contributed by atoms with Gasteiger partial charge in [-0.25, -0.2) is 4.99 Å². The van der Waals surface area contributed by atoms with Gasteiger partial charge in [0.2, 0.25) is 12.2 Å². The van der Waals surface area contributed by atoms with Crippen LogP contribution in [-0.2, 0) is 29.8 Å². The number of aliphatic imine (C=N–C) groups is 1. The van der Waals surface area contributed by atoms with Gasteiger partial charge < -0.3 is 36.8 Å². The Morgan fingerprint density at radius 3 is 1.83 bits per heavy atom. The van der Waals surface area contributed by atoms with Crippen molar-refractivity contribution >= 4 is 36.1 Å². The second-order valence-corrected chi connectivity index (χ2v) is 16.7. The molecule has 3 aliphatic rings. The average Bonchev–Trinajstić information content (AvgIpc) is 3.51. The number of hydrogen-bond acceptors (Lipinski definition) is 10. The Morgan fingerprint density at radius 1 is 0.717 bits per heavy atom. The van der Waals surface area contributed by atoms with Crippen molar-refractivity contribution in [2.45, 2.75) is 89.3 Å². The molecule has 6 atom stereocenters. The lowest BCUT2D eigenvalue weighted by Crippen LogP contribution is -2.62. The first kappa shape index (κ1) is 35.7. The maximum absolute atomic E-state index is 7.14. The summed E-state index contributed by atoms with van der Waals surface area (Å²) in [6, 6.07) is 27.1. The lowest BCUT2D eigenvalue weighted by atomic mass is 9.84. The molecule has 4 heterocycles. The fraction of sp³-hybridized carbons (Fsp3) is 0.405. The van der Waals surface area contributed by atoms with Crippen molar-refractivity contribution in [1.82, 2.24) is 0 Å². The van der Waals surface area contributed by atoms with E-state index in [-0.39, 0.29) is 17.4 Å². The molecule has 5 aromatic rings. The predicted octanol–water partition coefficient (Wildman–Crippen LogP) is 9.38. The fourth-order valence-electron chi connectivity index (χ4n) is 7.15. The Morgan fingerprint density at radius 2 is 1.28 bits per heavy atom. The number of nitrogens with zero attached hydrogens (tertiary/aromatic N) is 1. The van der Waals surface area contributed by atoms with Gasteiger partial charge in [-0.05, 0) is 47.2 Å². The van der Waals surface area contributed by atoms with Crippen molar-refractivity contribution in [3.8, 4) is 11.5 Å². The third kappa shape index (κ3) is 6.83. The van der Waals surface area contributed by atoms with Gasteiger partial charge in [-0.15, -0.1) is 0 Å². The third-order valence-electron chi connectivity index (χ3n) is 9.94. The van der Waals surface area contributed by atoms with Crippen molar-refractivity contribution in [1.29, 1.82) is 0 Å². The molecule has 1 unspecified atom stereocenters. The molecule has 0 N–H and O–H groups in total. The van der Waals surface area contributed by atoms with Gasteiger partial charge in [0, 0.05) is 33.0 Å². The van der Waals surface area contributed by atoms with E-state index in [9.17, 15) is 0 Å². The Balaban J connectivity index is 1.35. The summed E-state index contributed by atoms with van der Waals surface area (Å²) in [5.41, 5.74) is 4.28. The second-order valence-electron chi connectivity index (χ2n) is 15.7. The minimum atomic E-state index is -2.12. The van der Waals surface area contributed by atoms with Crippen LogP contribution in [-0.4, -0.2) is 57.4 Å². The first-order valence-electron chi connectivity index (χ1n) is 18.0. The highest BCUT2D eigenvalue weighted by Crippen LogP contribution is 2.47. The maximum Gasteiger partial charge on any atom is 0.387 e. The quantitative estimate of drug-likeness (QED) is 0.169. The predicted molar refractivity (Wildman–Crippen MR) is 204 cm³/mol. The van der Waals surface area contributed by atoms with Gasteiger partial charge in [0.15, 0.2) is 6.29 Å². The largest absolute Gasteiger partial charge is 0.497 e. The Labute approximate surface area is 310 Å². The standard InChI is InChI=1S/C42H46NO9P/c1-41(2,3)30-21-26(44-7)19-28-29-20-27(45-8)22-31(42(4,5)6)35(29)51-53(50-34(28)30)52-37-33-40(49-38(43-33)24-15-11-9-12-16-24)47-32-23-46-39(48-36(32)37)25-17-13-10-14-18-25/h9-22,32-33,36-37,39-40H,23H2,1-8H3/t32-,33-,36-,37-,39?,40-/m1/s1. The zero-order chi connectivity index (χ0) is 37.1. The lowest BCUT2D eigenvalue weighted by Gasteiger charge is -2.45. The molecule has 0 radical (unpaired) electrons. The first-order chi connectivity index (χ1) is 25.4. The summed E-state index contributed by atoms with van der Waals surface area (Å²) in [7, 11) is 1.22. The van der Waals surface area contributed by atoms with E-state index in [1.54, 1.807) is 14.2 Å². The number of ether oxygens (including phenoxy) is 6. The zero-order valence-corrected chi connectivity index (χ0v) is 32.2. The smallest absolute Gasteiger partial charge is 0.387 e. The molecule has 0 amide bonds. The van der Waals surface area contributed by atoms with Gasteiger partial charge >= 0.3 is 8.24 Å². The molecule has 53 heavy (non-hydrogen) atoms. The number of rotatable bonds is 6. The van der Waals surface area contributed by atoms with E-state index in [2.05, 4.69) is 41.5 Å². The van der Waals surface area contributed by atoms with Crippen LogP contribution in [0.3, 0.4) is 0 Å². The minimum Gasteiger partial charge on any atom is -0.497 e. The van der Waals surface area contributed by atoms with Crippen LogP contribution in [0.4, 0.5) is 0 Å². The summed E-state index contributed by atoms with van der Waals surface area (Å²) in [5, 5.41) is 1.65. The third-order valence-corrected chi connectivity index (χ3v) is 11.0. The topological polar surface area (TPSA) is 103 Å². The molecule has 2 fully saturated rings. The summed E-state index contributed by atoms with van der Waals surface area (Å²) in [6.45, 7) is 13.2. The van der Waals surface area contributed by atoms with E-state index in [0.29, 0.717) is 28.6 Å². The van der Waals surface area contributed by atoms with Crippen LogP contribution in [0, 0.1) is 0 Å². The maximum atomic E-state index is 7.14. The van der Waals surface area contributed by atoms with Gasteiger partial charge in [-0.1, -0.05) is 90.1 Å². The van der Waals surface area contributed by atoms with Crippen molar-refractivity contribution < 1.29 is 41.3 Å². The molecule has 0 spiro atoms. The molecule has 2 saturated heterocycles. The van der Waals surface area contributed by atoms with Crippen LogP contribution >= 0.6 is 8.24 Å². The monoisotopic (exact) mass is 739 g/mol. The lowest BCUT2D eigenvalue weighted by molar-refractivity contribution is -0.324. The van der Waals surface area contributed by atoms with Crippen molar-refractivity contribution in [3.63, 3.8) is 0 Å². The van der Waals surface area contributed by atoms with Gasteiger partial charge in [0.1, 0.15) is 47.0 Å². The van der Waals surface area contributed by atoms with Gasteiger partial charge in [-0.3, -0.25) is 4.52 Å². The number of hydrogen-bond donors (Lipinski definition) is 0. The van der Waals surface area contributed by atoms with E-state index < -0.39 is 45.2 Å². The van der Waals surface area contributed by atoms with Gasteiger partial charge in [0.25, 0.3) is 0 Å². The van der Waals surface area contributed by atoms with Crippen LogP contribution in [0.2, 0.25) is 0 Å². The summed E-state index contributed by atoms with van der Waals surface area (Å²) >= 11 is 0. The van der Waals surface area contributed by atoms with E-state index in [4.69, 9.17) is 46.3 Å². The second kappa shape index (κ2) is 13.8. The molecule has 3 aliphatic heterocycles. The molecule has 0 bridgehead atoms. The van der Waals surface area contributed by atoms with Crippen LogP contribution in [0.1, 0.15) is 70.1 Å². The number of methoxy groups -OCH3 is 2. The summed E-state index contributed by atoms with van der Waals surface area (Å²) in [5.74, 6) is 1.89. The molecular weight excluding hydrogens is 693 g/mol.